The molecule has 1 atom stereocenters. The van der Waals surface area contributed by atoms with E-state index in [4.69, 9.17) is 4.74 Å². The minimum atomic E-state index is -0.135. The first-order valence-electron chi connectivity index (χ1n) is 4.17. The summed E-state index contributed by atoms with van der Waals surface area (Å²) in [4.78, 5) is 15.0. The number of hydrogen-bond donors (Lipinski definition) is 0. The lowest BCUT2D eigenvalue weighted by Crippen LogP contribution is -2.13. The molecule has 0 saturated carbocycles. The number of ether oxygens (including phenoxy) is 1. The van der Waals surface area contributed by atoms with Gasteiger partial charge in [0.1, 0.15) is 0 Å². The number of nitrogens with zero attached hydrogens (tertiary/aromatic N) is 1. The second-order valence-electron chi connectivity index (χ2n) is 2.69. The van der Waals surface area contributed by atoms with E-state index in [0.717, 1.165) is 6.42 Å². The zero-order chi connectivity index (χ0) is 8.81. The Hall–Kier alpha value is -1.12. The van der Waals surface area contributed by atoms with Gasteiger partial charge < -0.3 is 4.74 Å². The molecule has 3 heteroatoms. The topological polar surface area (TPSA) is 38.7 Å². The summed E-state index contributed by atoms with van der Waals surface area (Å²) < 4.78 is 4.82. The van der Waals surface area contributed by atoms with Gasteiger partial charge in [0, 0.05) is 18.3 Å². The summed E-state index contributed by atoms with van der Waals surface area (Å²) in [6.45, 7) is 2.27. The van der Waals surface area contributed by atoms with Crippen molar-refractivity contribution in [3.05, 3.63) is 12.3 Å². The molecule has 1 aliphatic rings. The number of carbonyl (C=O) groups excluding carboxylic acids is 1. The van der Waals surface area contributed by atoms with Crippen LogP contribution in [0.2, 0.25) is 0 Å². The van der Waals surface area contributed by atoms with Gasteiger partial charge in [-0.05, 0) is 13.3 Å². The molecule has 1 aliphatic heterocycles. The Morgan fingerprint density at radius 1 is 1.75 bits per heavy atom. The highest BCUT2D eigenvalue weighted by Crippen LogP contribution is 2.11. The first-order valence-corrected chi connectivity index (χ1v) is 4.17. The van der Waals surface area contributed by atoms with Gasteiger partial charge in [-0.3, -0.25) is 9.79 Å². The molecule has 0 radical (unpaired) electrons. The van der Waals surface area contributed by atoms with Crippen LogP contribution in [0.1, 0.15) is 19.8 Å². The molecule has 3 nitrogen and oxygen atoms in total. The number of aliphatic imine (C=N–C) groups is 1. The largest absolute Gasteiger partial charge is 0.466 e. The lowest BCUT2D eigenvalue weighted by molar-refractivity contribution is -0.143. The third kappa shape index (κ3) is 2.86. The maximum absolute atomic E-state index is 11.0. The number of carbonyl (C=O) groups is 1. The van der Waals surface area contributed by atoms with E-state index in [2.05, 4.69) is 4.99 Å². The van der Waals surface area contributed by atoms with Crippen LogP contribution in [-0.2, 0) is 9.53 Å². The van der Waals surface area contributed by atoms with Gasteiger partial charge in [-0.15, -0.1) is 0 Å². The Kier molecular flexibility index (Phi) is 3.51. The quantitative estimate of drug-likeness (QED) is 0.598. The summed E-state index contributed by atoms with van der Waals surface area (Å²) in [6.07, 6.45) is 6.85. The van der Waals surface area contributed by atoms with Gasteiger partial charge in [0.25, 0.3) is 0 Å². The summed E-state index contributed by atoms with van der Waals surface area (Å²) in [7, 11) is 0. The third-order valence-electron chi connectivity index (χ3n) is 1.66. The van der Waals surface area contributed by atoms with E-state index in [-0.39, 0.29) is 11.9 Å². The molecule has 0 fully saturated rings. The van der Waals surface area contributed by atoms with Gasteiger partial charge in [-0.25, -0.2) is 0 Å². The standard InChI is InChI=1S/C9H13NO2/c1-2-12-9(11)6-8-4-3-5-10-7-8/h3,5,7-8H,2,4,6H2,1H3. The summed E-state index contributed by atoms with van der Waals surface area (Å²) in [6, 6.07) is 0. The zero-order valence-electron chi connectivity index (χ0n) is 7.19. The van der Waals surface area contributed by atoms with Gasteiger partial charge in [0.2, 0.25) is 0 Å². The number of allylic oxidation sites excluding steroid dienone is 1. The van der Waals surface area contributed by atoms with Crippen LogP contribution in [0.3, 0.4) is 0 Å². The van der Waals surface area contributed by atoms with Gasteiger partial charge in [-0.1, -0.05) is 6.08 Å². The monoisotopic (exact) mass is 167 g/mol. The van der Waals surface area contributed by atoms with E-state index in [9.17, 15) is 4.79 Å². The fourth-order valence-corrected chi connectivity index (χ4v) is 1.10. The van der Waals surface area contributed by atoms with E-state index in [1.165, 1.54) is 0 Å². The zero-order valence-corrected chi connectivity index (χ0v) is 7.19. The van der Waals surface area contributed by atoms with Gasteiger partial charge >= 0.3 is 5.97 Å². The van der Waals surface area contributed by atoms with Crippen molar-refractivity contribution in [2.45, 2.75) is 19.8 Å². The predicted octanol–water partition coefficient (Wildman–Crippen LogP) is 1.54. The second-order valence-corrected chi connectivity index (χ2v) is 2.69. The molecule has 0 amide bonds. The molecule has 0 aromatic heterocycles. The molecule has 0 aliphatic carbocycles. The van der Waals surface area contributed by atoms with Crippen LogP contribution in [0.25, 0.3) is 0 Å². The third-order valence-corrected chi connectivity index (χ3v) is 1.66. The predicted molar refractivity (Wildman–Crippen MR) is 47.0 cm³/mol. The Balaban J connectivity index is 2.27. The molecular weight excluding hydrogens is 154 g/mol. The van der Waals surface area contributed by atoms with E-state index >= 15 is 0 Å². The van der Waals surface area contributed by atoms with Crippen molar-refractivity contribution in [2.75, 3.05) is 6.61 Å². The highest BCUT2D eigenvalue weighted by atomic mass is 16.5. The number of esters is 1. The average molecular weight is 167 g/mol. The smallest absolute Gasteiger partial charge is 0.306 e. The van der Waals surface area contributed by atoms with Crippen LogP contribution in [0.15, 0.2) is 17.3 Å². The maximum Gasteiger partial charge on any atom is 0.306 e. The van der Waals surface area contributed by atoms with Gasteiger partial charge in [-0.2, -0.15) is 0 Å². The number of rotatable bonds is 3. The lowest BCUT2D eigenvalue weighted by Gasteiger charge is -2.10. The van der Waals surface area contributed by atoms with Crippen molar-refractivity contribution < 1.29 is 9.53 Å². The van der Waals surface area contributed by atoms with Gasteiger partial charge in [0.05, 0.1) is 13.0 Å². The molecule has 1 heterocycles. The van der Waals surface area contributed by atoms with Gasteiger partial charge in [0.15, 0.2) is 0 Å². The molecule has 0 N–H and O–H groups in total. The van der Waals surface area contributed by atoms with Crippen LogP contribution >= 0.6 is 0 Å². The summed E-state index contributed by atoms with van der Waals surface area (Å²) in [5.74, 6) is 0.0956. The van der Waals surface area contributed by atoms with Crippen molar-refractivity contribution in [1.29, 1.82) is 0 Å². The highest BCUT2D eigenvalue weighted by molar-refractivity contribution is 5.75. The molecule has 0 aromatic carbocycles. The van der Waals surface area contributed by atoms with Crippen molar-refractivity contribution in [3.63, 3.8) is 0 Å². The Morgan fingerprint density at radius 3 is 3.17 bits per heavy atom. The SMILES string of the molecule is CCOC(=O)CC1C=NC=CC1. The Morgan fingerprint density at radius 2 is 2.58 bits per heavy atom. The normalized spacial score (nSPS) is 20.9. The molecule has 0 spiro atoms. The van der Waals surface area contributed by atoms with Crippen LogP contribution in [0.4, 0.5) is 0 Å². The van der Waals surface area contributed by atoms with E-state index in [0.29, 0.717) is 13.0 Å². The second kappa shape index (κ2) is 4.70. The van der Waals surface area contributed by atoms with Crippen molar-refractivity contribution in [3.8, 4) is 0 Å². The molecule has 0 aromatic rings. The minimum absolute atomic E-state index is 0.135. The minimum Gasteiger partial charge on any atom is -0.466 e. The van der Waals surface area contributed by atoms with Crippen LogP contribution < -0.4 is 0 Å². The molecule has 0 bridgehead atoms. The molecule has 1 rings (SSSR count). The van der Waals surface area contributed by atoms with Crippen molar-refractivity contribution in [1.82, 2.24) is 0 Å². The van der Waals surface area contributed by atoms with Crippen LogP contribution in [0, 0.1) is 5.92 Å². The maximum atomic E-state index is 11.0. The summed E-state index contributed by atoms with van der Waals surface area (Å²) in [5, 5.41) is 0. The molecule has 0 saturated heterocycles. The average Bonchev–Trinajstić information content (AvgIpc) is 2.06. The number of hydrogen-bond acceptors (Lipinski definition) is 3. The van der Waals surface area contributed by atoms with Crippen LogP contribution in [-0.4, -0.2) is 18.8 Å². The van der Waals surface area contributed by atoms with E-state index in [1.807, 2.05) is 13.0 Å². The molecule has 66 valence electrons. The molecular formula is C9H13NO2. The molecule has 1 unspecified atom stereocenters. The first-order chi connectivity index (χ1) is 5.83. The Labute approximate surface area is 72.1 Å². The van der Waals surface area contributed by atoms with E-state index < -0.39 is 0 Å². The fourth-order valence-electron chi connectivity index (χ4n) is 1.10. The van der Waals surface area contributed by atoms with E-state index in [1.54, 1.807) is 12.4 Å². The Bertz CT molecular complexity index is 209. The lowest BCUT2D eigenvalue weighted by atomic mass is 10.0. The molecule has 12 heavy (non-hydrogen) atoms. The summed E-state index contributed by atoms with van der Waals surface area (Å²) in [5.41, 5.74) is 0. The fraction of sp³-hybridized carbons (Fsp3) is 0.556. The highest BCUT2D eigenvalue weighted by Gasteiger charge is 2.12. The first kappa shape index (κ1) is 8.97. The summed E-state index contributed by atoms with van der Waals surface area (Å²) >= 11 is 0. The van der Waals surface area contributed by atoms with Crippen molar-refractivity contribution >= 4 is 12.2 Å². The van der Waals surface area contributed by atoms with Crippen LogP contribution in [0.5, 0.6) is 0 Å². The van der Waals surface area contributed by atoms with Crippen molar-refractivity contribution in [2.24, 2.45) is 10.9 Å².